The minimum Gasteiger partial charge on any atom is -0.393 e. The van der Waals surface area contributed by atoms with Crippen LogP contribution in [-0.4, -0.2) is 35.2 Å². The maximum Gasteiger partial charge on any atom is 0.0585 e. The van der Waals surface area contributed by atoms with E-state index in [4.69, 9.17) is 0 Å². The highest BCUT2D eigenvalue weighted by Gasteiger charge is 2.35. The Morgan fingerprint density at radius 2 is 1.94 bits per heavy atom. The molecule has 1 saturated carbocycles. The van der Waals surface area contributed by atoms with Crippen LogP contribution in [0.4, 0.5) is 0 Å². The van der Waals surface area contributed by atoms with Crippen LogP contribution in [0.15, 0.2) is 0 Å². The van der Waals surface area contributed by atoms with E-state index < -0.39 is 0 Å². The average Bonchev–Trinajstić information content (AvgIpc) is 2.57. The molecule has 0 radical (unpaired) electrons. The van der Waals surface area contributed by atoms with Crippen LogP contribution in [0.3, 0.4) is 0 Å². The molecule has 5 unspecified atom stereocenters. The van der Waals surface area contributed by atoms with Crippen molar-refractivity contribution >= 4 is 0 Å². The summed E-state index contributed by atoms with van der Waals surface area (Å²) in [6.07, 6.45) is 4.93. The molecule has 1 aliphatic carbocycles. The standard InChI is InChI=1S/C14H27NO/c1-10-7-11(2)13(14(16)8-10)9-15-6-4-5-12(15)3/h10-14,16H,4-9H2,1-3H3. The van der Waals surface area contributed by atoms with Crippen LogP contribution < -0.4 is 0 Å². The molecule has 0 aromatic carbocycles. The van der Waals surface area contributed by atoms with Crippen molar-refractivity contribution in [3.8, 4) is 0 Å². The molecule has 0 spiro atoms. The van der Waals surface area contributed by atoms with Gasteiger partial charge in [0, 0.05) is 18.5 Å². The minimum absolute atomic E-state index is 0.0634. The normalized spacial score (nSPS) is 46.1. The molecule has 2 fully saturated rings. The van der Waals surface area contributed by atoms with Gasteiger partial charge in [0.25, 0.3) is 0 Å². The van der Waals surface area contributed by atoms with Crippen LogP contribution in [0.1, 0.15) is 46.5 Å². The average molecular weight is 225 g/mol. The summed E-state index contributed by atoms with van der Waals surface area (Å²) in [6, 6.07) is 0.735. The summed E-state index contributed by atoms with van der Waals surface area (Å²) in [5.74, 6) is 1.90. The van der Waals surface area contributed by atoms with E-state index in [1.807, 2.05) is 0 Å². The molecule has 2 aliphatic rings. The molecule has 0 bridgehead atoms. The molecule has 2 heteroatoms. The van der Waals surface area contributed by atoms with E-state index in [0.717, 1.165) is 19.0 Å². The zero-order valence-electron chi connectivity index (χ0n) is 11.0. The maximum atomic E-state index is 10.2. The summed E-state index contributed by atoms with van der Waals surface area (Å²) < 4.78 is 0. The molecule has 1 heterocycles. The van der Waals surface area contributed by atoms with E-state index in [-0.39, 0.29) is 6.10 Å². The highest BCUT2D eigenvalue weighted by atomic mass is 16.3. The molecule has 16 heavy (non-hydrogen) atoms. The first-order valence-corrected chi connectivity index (χ1v) is 7.00. The fourth-order valence-electron chi connectivity index (χ4n) is 3.71. The van der Waals surface area contributed by atoms with Crippen molar-refractivity contribution in [1.29, 1.82) is 0 Å². The van der Waals surface area contributed by atoms with Crippen molar-refractivity contribution in [3.05, 3.63) is 0 Å². The Balaban J connectivity index is 1.92. The number of hydrogen-bond acceptors (Lipinski definition) is 2. The molecular weight excluding hydrogens is 198 g/mol. The molecule has 5 atom stereocenters. The largest absolute Gasteiger partial charge is 0.393 e. The first-order chi connectivity index (χ1) is 7.58. The van der Waals surface area contributed by atoms with E-state index in [0.29, 0.717) is 17.8 Å². The van der Waals surface area contributed by atoms with Gasteiger partial charge in [-0.15, -0.1) is 0 Å². The predicted octanol–water partition coefficient (Wildman–Crippen LogP) is 2.51. The van der Waals surface area contributed by atoms with Crippen LogP contribution in [0.25, 0.3) is 0 Å². The molecule has 94 valence electrons. The van der Waals surface area contributed by atoms with Crippen LogP contribution in [0, 0.1) is 17.8 Å². The molecule has 1 N–H and O–H groups in total. The molecule has 2 nitrogen and oxygen atoms in total. The highest BCUT2D eigenvalue weighted by molar-refractivity contribution is 4.87. The van der Waals surface area contributed by atoms with Gasteiger partial charge in [-0.2, -0.15) is 0 Å². The number of rotatable bonds is 2. The lowest BCUT2D eigenvalue weighted by Crippen LogP contribution is -2.43. The van der Waals surface area contributed by atoms with Gasteiger partial charge in [0.05, 0.1) is 6.10 Å². The molecule has 2 rings (SSSR count). The van der Waals surface area contributed by atoms with Gasteiger partial charge in [0.2, 0.25) is 0 Å². The van der Waals surface area contributed by atoms with Crippen molar-refractivity contribution in [1.82, 2.24) is 4.90 Å². The second kappa shape index (κ2) is 5.05. The van der Waals surface area contributed by atoms with E-state index in [9.17, 15) is 5.11 Å². The monoisotopic (exact) mass is 225 g/mol. The Morgan fingerprint density at radius 3 is 2.50 bits per heavy atom. The SMILES string of the molecule is CC1CC(C)C(CN2CCCC2C)C(O)C1. The van der Waals surface area contributed by atoms with Gasteiger partial charge >= 0.3 is 0 Å². The zero-order valence-corrected chi connectivity index (χ0v) is 11.0. The number of aliphatic hydroxyl groups excluding tert-OH is 1. The Labute approximate surface area is 100 Å². The van der Waals surface area contributed by atoms with E-state index in [1.165, 1.54) is 25.8 Å². The molecule has 1 saturated heterocycles. The Bertz CT molecular complexity index is 219. The lowest BCUT2D eigenvalue weighted by Gasteiger charge is -2.39. The summed E-state index contributed by atoms with van der Waals surface area (Å²) in [6.45, 7) is 9.29. The molecule has 0 aromatic rings. The molecular formula is C14H27NO. The lowest BCUT2D eigenvalue weighted by atomic mass is 9.73. The fraction of sp³-hybridized carbons (Fsp3) is 1.00. The third-order valence-corrected chi connectivity index (χ3v) is 4.78. The number of likely N-dealkylation sites (tertiary alicyclic amines) is 1. The zero-order chi connectivity index (χ0) is 11.7. The third kappa shape index (κ3) is 2.60. The lowest BCUT2D eigenvalue weighted by molar-refractivity contribution is -0.00294. The van der Waals surface area contributed by atoms with Crippen molar-refractivity contribution in [2.75, 3.05) is 13.1 Å². The number of aliphatic hydroxyl groups is 1. The summed E-state index contributed by atoms with van der Waals surface area (Å²) >= 11 is 0. The maximum absolute atomic E-state index is 10.2. The summed E-state index contributed by atoms with van der Waals surface area (Å²) in [7, 11) is 0. The van der Waals surface area contributed by atoms with Crippen molar-refractivity contribution < 1.29 is 5.11 Å². The Morgan fingerprint density at radius 1 is 1.19 bits per heavy atom. The van der Waals surface area contributed by atoms with Crippen LogP contribution in [0.2, 0.25) is 0 Å². The summed E-state index contributed by atoms with van der Waals surface area (Å²) in [5.41, 5.74) is 0. The summed E-state index contributed by atoms with van der Waals surface area (Å²) in [5, 5.41) is 10.2. The van der Waals surface area contributed by atoms with Crippen LogP contribution >= 0.6 is 0 Å². The van der Waals surface area contributed by atoms with E-state index in [1.54, 1.807) is 0 Å². The molecule has 0 amide bonds. The molecule has 0 aromatic heterocycles. The first-order valence-electron chi connectivity index (χ1n) is 7.00. The summed E-state index contributed by atoms with van der Waals surface area (Å²) in [4.78, 5) is 2.58. The van der Waals surface area contributed by atoms with Gasteiger partial charge in [-0.25, -0.2) is 0 Å². The van der Waals surface area contributed by atoms with Gasteiger partial charge in [0.15, 0.2) is 0 Å². The quantitative estimate of drug-likeness (QED) is 0.780. The minimum atomic E-state index is -0.0634. The second-order valence-corrected chi connectivity index (χ2v) is 6.27. The van der Waals surface area contributed by atoms with Gasteiger partial charge in [-0.3, -0.25) is 0 Å². The Hall–Kier alpha value is -0.0800. The van der Waals surface area contributed by atoms with Crippen molar-refractivity contribution in [2.24, 2.45) is 17.8 Å². The van der Waals surface area contributed by atoms with Gasteiger partial charge in [0.1, 0.15) is 0 Å². The van der Waals surface area contributed by atoms with Crippen LogP contribution in [-0.2, 0) is 0 Å². The smallest absolute Gasteiger partial charge is 0.0585 e. The Kier molecular flexibility index (Phi) is 3.91. The topological polar surface area (TPSA) is 23.5 Å². The van der Waals surface area contributed by atoms with Crippen LogP contribution in [0.5, 0.6) is 0 Å². The predicted molar refractivity (Wildman–Crippen MR) is 67.3 cm³/mol. The van der Waals surface area contributed by atoms with E-state index >= 15 is 0 Å². The van der Waals surface area contributed by atoms with Crippen molar-refractivity contribution in [2.45, 2.75) is 58.6 Å². The van der Waals surface area contributed by atoms with Gasteiger partial charge in [-0.05, 0) is 51.0 Å². The molecule has 1 aliphatic heterocycles. The highest BCUT2D eigenvalue weighted by Crippen LogP contribution is 2.35. The number of hydrogen-bond donors (Lipinski definition) is 1. The van der Waals surface area contributed by atoms with Gasteiger partial charge in [-0.1, -0.05) is 13.8 Å². The second-order valence-electron chi connectivity index (χ2n) is 6.27. The fourth-order valence-corrected chi connectivity index (χ4v) is 3.71. The third-order valence-electron chi connectivity index (χ3n) is 4.78. The van der Waals surface area contributed by atoms with Gasteiger partial charge < -0.3 is 10.0 Å². The first kappa shape index (κ1) is 12.4. The van der Waals surface area contributed by atoms with Crippen molar-refractivity contribution in [3.63, 3.8) is 0 Å². The number of nitrogens with zero attached hydrogens (tertiary/aromatic N) is 1. The van der Waals surface area contributed by atoms with E-state index in [2.05, 4.69) is 25.7 Å².